The summed E-state index contributed by atoms with van der Waals surface area (Å²) >= 11 is 0. The molecule has 0 radical (unpaired) electrons. The first-order valence-electron chi connectivity index (χ1n) is 7.15. The minimum Gasteiger partial charge on any atom is -0.508 e. The Labute approximate surface area is 119 Å². The molecule has 2 aromatic rings. The average molecular weight is 271 g/mol. The summed E-state index contributed by atoms with van der Waals surface area (Å²) in [5.41, 5.74) is 3.85. The molecule has 1 N–H and O–H groups in total. The van der Waals surface area contributed by atoms with Crippen molar-refractivity contribution >= 4 is 0 Å². The molecule has 0 aliphatic carbocycles. The first kappa shape index (κ1) is 13.2. The van der Waals surface area contributed by atoms with Gasteiger partial charge in [0.25, 0.3) is 0 Å². The number of aromatic nitrogens is 2. The molecule has 106 valence electrons. The Morgan fingerprint density at radius 2 is 2.05 bits per heavy atom. The maximum atomic E-state index is 9.36. The van der Waals surface area contributed by atoms with E-state index in [0.29, 0.717) is 11.8 Å². The average Bonchev–Trinajstić information content (AvgIpc) is 3.01. The maximum absolute atomic E-state index is 9.36. The molecule has 20 heavy (non-hydrogen) atoms. The van der Waals surface area contributed by atoms with Crippen molar-refractivity contribution in [3.63, 3.8) is 0 Å². The minimum absolute atomic E-state index is 0.329. The standard InChI is InChI=1S/C16H21N3O/c1-12-15(10-17-18(12)2)16-4-3-9-19(16)11-13-5-7-14(20)8-6-13/h5-8,10,16,20H,3-4,9,11H2,1-2H3. The van der Waals surface area contributed by atoms with Crippen molar-refractivity contribution in [2.75, 3.05) is 6.54 Å². The van der Waals surface area contributed by atoms with Gasteiger partial charge >= 0.3 is 0 Å². The zero-order chi connectivity index (χ0) is 14.1. The Hall–Kier alpha value is -1.81. The zero-order valence-electron chi connectivity index (χ0n) is 12.1. The van der Waals surface area contributed by atoms with Gasteiger partial charge in [0.2, 0.25) is 0 Å². The molecule has 1 aliphatic rings. The van der Waals surface area contributed by atoms with E-state index in [9.17, 15) is 5.11 Å². The Bertz CT molecular complexity index is 588. The normalized spacial score (nSPS) is 19.6. The van der Waals surface area contributed by atoms with E-state index in [4.69, 9.17) is 0 Å². The second-order valence-electron chi connectivity index (χ2n) is 5.60. The SMILES string of the molecule is Cc1c(C2CCCN2Cc2ccc(O)cc2)cnn1C. The summed E-state index contributed by atoms with van der Waals surface area (Å²) in [5, 5.41) is 13.7. The molecular formula is C16H21N3O. The number of aryl methyl sites for hydroxylation is 1. The summed E-state index contributed by atoms with van der Waals surface area (Å²) < 4.78 is 1.95. The van der Waals surface area contributed by atoms with Crippen molar-refractivity contribution < 1.29 is 5.11 Å². The molecule has 1 aromatic heterocycles. The molecule has 3 rings (SSSR count). The number of phenolic OH excluding ortho intramolecular Hbond substituents is 1. The van der Waals surface area contributed by atoms with Gasteiger partial charge in [-0.2, -0.15) is 5.10 Å². The molecule has 0 bridgehead atoms. The van der Waals surface area contributed by atoms with E-state index >= 15 is 0 Å². The summed E-state index contributed by atoms with van der Waals surface area (Å²) in [6.07, 6.45) is 4.44. The molecule has 1 aliphatic heterocycles. The molecule has 0 spiro atoms. The Morgan fingerprint density at radius 1 is 1.30 bits per heavy atom. The van der Waals surface area contributed by atoms with E-state index in [1.807, 2.05) is 30.1 Å². The molecule has 0 saturated carbocycles. The largest absolute Gasteiger partial charge is 0.508 e. The van der Waals surface area contributed by atoms with Crippen molar-refractivity contribution in [2.45, 2.75) is 32.4 Å². The number of hydrogen-bond donors (Lipinski definition) is 1. The molecule has 0 amide bonds. The van der Waals surface area contributed by atoms with Crippen LogP contribution in [-0.2, 0) is 13.6 Å². The highest BCUT2D eigenvalue weighted by Crippen LogP contribution is 2.34. The van der Waals surface area contributed by atoms with Gasteiger partial charge in [-0.3, -0.25) is 9.58 Å². The maximum Gasteiger partial charge on any atom is 0.115 e. The summed E-state index contributed by atoms with van der Waals surface area (Å²) in [6.45, 7) is 4.19. The van der Waals surface area contributed by atoms with Crippen molar-refractivity contribution in [1.82, 2.24) is 14.7 Å². The van der Waals surface area contributed by atoms with Gasteiger partial charge in [0, 0.05) is 30.9 Å². The van der Waals surface area contributed by atoms with Crippen LogP contribution in [-0.4, -0.2) is 26.3 Å². The van der Waals surface area contributed by atoms with Crippen LogP contribution in [0.15, 0.2) is 30.5 Å². The lowest BCUT2D eigenvalue weighted by Gasteiger charge is -2.24. The molecule has 1 fully saturated rings. The molecule has 2 heterocycles. The molecule has 1 unspecified atom stereocenters. The van der Waals surface area contributed by atoms with Crippen LogP contribution in [0.1, 0.15) is 35.7 Å². The third-order valence-electron chi connectivity index (χ3n) is 4.32. The Balaban J connectivity index is 1.79. The highest BCUT2D eigenvalue weighted by atomic mass is 16.3. The van der Waals surface area contributed by atoms with Gasteiger partial charge in [0.15, 0.2) is 0 Å². The lowest BCUT2D eigenvalue weighted by molar-refractivity contribution is 0.247. The quantitative estimate of drug-likeness (QED) is 0.933. The van der Waals surface area contributed by atoms with Gasteiger partial charge < -0.3 is 5.11 Å². The third kappa shape index (κ3) is 2.43. The van der Waals surface area contributed by atoms with E-state index in [0.717, 1.165) is 13.1 Å². The summed E-state index contributed by atoms with van der Waals surface area (Å²) in [7, 11) is 2.00. The summed E-state index contributed by atoms with van der Waals surface area (Å²) in [5.74, 6) is 0.329. The number of benzene rings is 1. The van der Waals surface area contributed by atoms with Gasteiger partial charge in [0.1, 0.15) is 5.75 Å². The number of likely N-dealkylation sites (tertiary alicyclic amines) is 1. The van der Waals surface area contributed by atoms with Crippen LogP contribution in [0.3, 0.4) is 0 Å². The lowest BCUT2D eigenvalue weighted by Crippen LogP contribution is -2.23. The molecule has 4 heteroatoms. The highest BCUT2D eigenvalue weighted by molar-refractivity contribution is 5.27. The van der Waals surface area contributed by atoms with E-state index in [1.54, 1.807) is 12.1 Å². The van der Waals surface area contributed by atoms with Gasteiger partial charge in [-0.1, -0.05) is 12.1 Å². The van der Waals surface area contributed by atoms with E-state index < -0.39 is 0 Å². The molecule has 1 aromatic carbocycles. The van der Waals surface area contributed by atoms with Crippen LogP contribution in [0.4, 0.5) is 0 Å². The predicted molar refractivity (Wildman–Crippen MR) is 78.4 cm³/mol. The van der Waals surface area contributed by atoms with Crippen LogP contribution >= 0.6 is 0 Å². The van der Waals surface area contributed by atoms with Gasteiger partial charge in [-0.15, -0.1) is 0 Å². The van der Waals surface area contributed by atoms with Crippen molar-refractivity contribution in [2.24, 2.45) is 7.05 Å². The number of nitrogens with zero attached hydrogens (tertiary/aromatic N) is 3. The second kappa shape index (κ2) is 5.29. The lowest BCUT2D eigenvalue weighted by atomic mass is 10.1. The van der Waals surface area contributed by atoms with E-state index in [-0.39, 0.29) is 0 Å². The Kier molecular flexibility index (Phi) is 3.49. The van der Waals surface area contributed by atoms with Crippen molar-refractivity contribution in [3.05, 3.63) is 47.3 Å². The first-order valence-corrected chi connectivity index (χ1v) is 7.15. The molecule has 4 nitrogen and oxygen atoms in total. The van der Waals surface area contributed by atoms with E-state index in [2.05, 4.69) is 16.9 Å². The number of hydrogen-bond acceptors (Lipinski definition) is 3. The van der Waals surface area contributed by atoms with Crippen LogP contribution < -0.4 is 0 Å². The fourth-order valence-electron chi connectivity index (χ4n) is 3.05. The minimum atomic E-state index is 0.329. The van der Waals surface area contributed by atoms with Crippen molar-refractivity contribution in [3.8, 4) is 5.75 Å². The van der Waals surface area contributed by atoms with Gasteiger partial charge in [-0.25, -0.2) is 0 Å². The zero-order valence-corrected chi connectivity index (χ0v) is 12.1. The van der Waals surface area contributed by atoms with Crippen molar-refractivity contribution in [1.29, 1.82) is 0 Å². The fourth-order valence-corrected chi connectivity index (χ4v) is 3.05. The topological polar surface area (TPSA) is 41.3 Å². The molecular weight excluding hydrogens is 250 g/mol. The summed E-state index contributed by atoms with van der Waals surface area (Å²) in [4.78, 5) is 2.51. The number of rotatable bonds is 3. The fraction of sp³-hybridized carbons (Fsp3) is 0.438. The van der Waals surface area contributed by atoms with Crippen LogP contribution in [0.2, 0.25) is 0 Å². The Morgan fingerprint density at radius 3 is 2.70 bits per heavy atom. The van der Waals surface area contributed by atoms with Crippen LogP contribution in [0.5, 0.6) is 5.75 Å². The van der Waals surface area contributed by atoms with Gasteiger partial charge in [0.05, 0.1) is 6.20 Å². The number of aromatic hydroxyl groups is 1. The van der Waals surface area contributed by atoms with Crippen LogP contribution in [0.25, 0.3) is 0 Å². The second-order valence-corrected chi connectivity index (χ2v) is 5.60. The third-order valence-corrected chi connectivity index (χ3v) is 4.32. The van der Waals surface area contributed by atoms with E-state index in [1.165, 1.54) is 29.7 Å². The first-order chi connectivity index (χ1) is 9.65. The summed E-state index contributed by atoms with van der Waals surface area (Å²) in [6, 6.07) is 7.99. The smallest absolute Gasteiger partial charge is 0.115 e. The van der Waals surface area contributed by atoms with Crippen LogP contribution in [0, 0.1) is 6.92 Å². The predicted octanol–water partition coefficient (Wildman–Crippen LogP) is 2.77. The van der Waals surface area contributed by atoms with Gasteiger partial charge in [-0.05, 0) is 44.0 Å². The number of phenols is 1. The molecule has 1 saturated heterocycles. The molecule has 1 atom stereocenters. The highest BCUT2D eigenvalue weighted by Gasteiger charge is 2.28. The monoisotopic (exact) mass is 271 g/mol.